The molecule has 0 aromatic rings. The summed E-state index contributed by atoms with van der Waals surface area (Å²) < 4.78 is 0. The monoisotopic (exact) mass is 236 g/mol. The minimum absolute atomic E-state index is 0.0272. The van der Waals surface area contributed by atoms with Crippen LogP contribution in [-0.4, -0.2) is 33.9 Å². The molecule has 0 saturated carbocycles. The fourth-order valence-electron chi connectivity index (χ4n) is 0.434. The molecule has 6 nitrogen and oxygen atoms in total. The van der Waals surface area contributed by atoms with Crippen LogP contribution < -0.4 is 11.2 Å². The van der Waals surface area contributed by atoms with E-state index in [0.717, 1.165) is 0 Å². The highest BCUT2D eigenvalue weighted by atomic mass is 32.1. The second-order valence-corrected chi connectivity index (χ2v) is 4.32. The smallest absolute Gasteiger partial charge is 0.344 e. The lowest BCUT2D eigenvalue weighted by Gasteiger charge is -2.25. The van der Waals surface area contributed by atoms with E-state index in [9.17, 15) is 9.59 Å². The minimum Gasteiger partial charge on any atom is -0.480 e. The van der Waals surface area contributed by atoms with Crippen molar-refractivity contribution < 1.29 is 19.5 Å². The highest BCUT2D eigenvalue weighted by Gasteiger charge is 2.35. The first-order valence-corrected chi connectivity index (χ1v) is 4.88. The average Bonchev–Trinajstić information content (AvgIpc) is 2.11. The number of aliphatic carboxylic acids is 1. The molecule has 0 heterocycles. The summed E-state index contributed by atoms with van der Waals surface area (Å²) in [7, 11) is 0. The van der Waals surface area contributed by atoms with Gasteiger partial charge in [-0.3, -0.25) is 4.79 Å². The molecule has 0 fully saturated rings. The van der Waals surface area contributed by atoms with Crippen LogP contribution >= 0.6 is 12.6 Å². The van der Waals surface area contributed by atoms with E-state index in [0.29, 0.717) is 0 Å². The van der Waals surface area contributed by atoms with Gasteiger partial charge in [-0.05, 0) is 20.8 Å². The maximum atomic E-state index is 11.2. The molecule has 0 radical (unpaired) electrons. The first-order chi connectivity index (χ1) is 6.63. The van der Waals surface area contributed by atoms with Crippen molar-refractivity contribution in [1.29, 1.82) is 0 Å². The van der Waals surface area contributed by atoms with Crippen LogP contribution in [-0.2, 0) is 14.4 Å². The summed E-state index contributed by atoms with van der Waals surface area (Å²) in [4.78, 5) is 26.6. The number of nitrogens with one attached hydrogen (secondary N) is 1. The highest BCUT2D eigenvalue weighted by molar-refractivity contribution is 7.80. The van der Waals surface area contributed by atoms with Crippen molar-refractivity contribution in [3.63, 3.8) is 0 Å². The molecular weight excluding hydrogens is 220 g/mol. The van der Waals surface area contributed by atoms with Gasteiger partial charge in [0.05, 0.1) is 0 Å². The van der Waals surface area contributed by atoms with Crippen molar-refractivity contribution in [2.24, 2.45) is 5.73 Å². The van der Waals surface area contributed by atoms with Crippen LogP contribution in [0.1, 0.15) is 20.8 Å². The molecule has 0 saturated heterocycles. The van der Waals surface area contributed by atoms with Gasteiger partial charge in [-0.15, -0.1) is 5.48 Å². The Bertz CT molecular complexity index is 264. The number of rotatable bonds is 5. The molecule has 0 aliphatic heterocycles. The van der Waals surface area contributed by atoms with Gasteiger partial charge in [-0.1, -0.05) is 0 Å². The standard InChI is InChI=1S/C8H16N2O4S/c1-7(2,9)6(13)14-10-8(3,4-15)5(11)12/h10,15H,4,9H2,1-3H3,(H,11,12)/t8-/m0/s1. The number of carboxylic acid groups (broad SMARTS) is 1. The molecule has 0 amide bonds. The van der Waals surface area contributed by atoms with Gasteiger partial charge in [0.15, 0.2) is 5.54 Å². The maximum Gasteiger partial charge on any atom is 0.344 e. The van der Waals surface area contributed by atoms with Crippen molar-refractivity contribution >= 4 is 24.6 Å². The second kappa shape index (κ2) is 4.82. The number of carboxylic acids is 1. The van der Waals surface area contributed by atoms with E-state index in [1.54, 1.807) is 0 Å². The zero-order valence-electron chi connectivity index (χ0n) is 8.90. The largest absolute Gasteiger partial charge is 0.480 e. The molecule has 0 aliphatic rings. The third kappa shape index (κ3) is 4.06. The molecule has 0 bridgehead atoms. The normalized spacial score (nSPS) is 15.5. The van der Waals surface area contributed by atoms with Crippen LogP contribution in [0.25, 0.3) is 0 Å². The van der Waals surface area contributed by atoms with Crippen LogP contribution in [0.3, 0.4) is 0 Å². The van der Waals surface area contributed by atoms with Gasteiger partial charge in [0, 0.05) is 5.75 Å². The predicted molar refractivity (Wildman–Crippen MR) is 57.4 cm³/mol. The van der Waals surface area contributed by atoms with E-state index in [-0.39, 0.29) is 5.75 Å². The Kier molecular flexibility index (Phi) is 4.57. The zero-order valence-corrected chi connectivity index (χ0v) is 9.80. The van der Waals surface area contributed by atoms with Crippen molar-refractivity contribution in [3.05, 3.63) is 0 Å². The summed E-state index contributed by atoms with van der Waals surface area (Å²) in [6, 6.07) is 0. The minimum atomic E-state index is -1.43. The lowest BCUT2D eigenvalue weighted by Crippen LogP contribution is -2.55. The van der Waals surface area contributed by atoms with Gasteiger partial charge in [0.2, 0.25) is 0 Å². The van der Waals surface area contributed by atoms with Gasteiger partial charge in [-0.2, -0.15) is 12.6 Å². The fourth-order valence-corrected chi connectivity index (χ4v) is 0.634. The Labute approximate surface area is 93.5 Å². The number of carbonyl (C=O) groups excluding carboxylic acids is 1. The van der Waals surface area contributed by atoms with E-state index in [4.69, 9.17) is 10.8 Å². The molecule has 15 heavy (non-hydrogen) atoms. The molecule has 0 unspecified atom stereocenters. The SMILES string of the molecule is CC(C)(N)C(=O)ON[C@@](C)(CS)C(=O)O. The number of thiol groups is 1. The van der Waals surface area contributed by atoms with Gasteiger partial charge >= 0.3 is 11.9 Å². The Balaban J connectivity index is 4.38. The molecule has 4 N–H and O–H groups in total. The van der Waals surface area contributed by atoms with E-state index < -0.39 is 23.0 Å². The molecule has 0 rings (SSSR count). The first kappa shape index (κ1) is 14.2. The highest BCUT2D eigenvalue weighted by Crippen LogP contribution is 2.08. The summed E-state index contributed by atoms with van der Waals surface area (Å²) in [6.07, 6.45) is 0. The molecule has 0 aromatic carbocycles. The lowest BCUT2D eigenvalue weighted by molar-refractivity contribution is -0.166. The zero-order chi connectivity index (χ0) is 12.3. The van der Waals surface area contributed by atoms with Crippen molar-refractivity contribution in [2.45, 2.75) is 31.8 Å². The summed E-state index contributed by atoms with van der Waals surface area (Å²) >= 11 is 3.85. The number of nitrogens with two attached hydrogens (primary N) is 1. The van der Waals surface area contributed by atoms with Crippen molar-refractivity contribution in [1.82, 2.24) is 5.48 Å². The van der Waals surface area contributed by atoms with E-state index >= 15 is 0 Å². The molecule has 7 heteroatoms. The number of hydrogen-bond donors (Lipinski definition) is 4. The van der Waals surface area contributed by atoms with E-state index in [1.165, 1.54) is 20.8 Å². The molecule has 0 spiro atoms. The average molecular weight is 236 g/mol. The third-order valence-electron chi connectivity index (χ3n) is 1.68. The Morgan fingerprint density at radius 3 is 2.20 bits per heavy atom. The van der Waals surface area contributed by atoms with E-state index in [2.05, 4.69) is 22.9 Å². The first-order valence-electron chi connectivity index (χ1n) is 4.25. The third-order valence-corrected chi connectivity index (χ3v) is 2.32. The maximum absolute atomic E-state index is 11.2. The summed E-state index contributed by atoms with van der Waals surface area (Å²) in [5.74, 6) is -1.93. The Morgan fingerprint density at radius 1 is 1.47 bits per heavy atom. The van der Waals surface area contributed by atoms with E-state index in [1.807, 2.05) is 0 Å². The fraction of sp³-hybridized carbons (Fsp3) is 0.750. The number of hydrogen-bond acceptors (Lipinski definition) is 6. The molecule has 0 aliphatic carbocycles. The van der Waals surface area contributed by atoms with Gasteiger partial charge in [0.1, 0.15) is 5.54 Å². The van der Waals surface area contributed by atoms with Crippen molar-refractivity contribution in [3.8, 4) is 0 Å². The van der Waals surface area contributed by atoms with Crippen LogP contribution in [0.5, 0.6) is 0 Å². The van der Waals surface area contributed by atoms with Crippen LogP contribution in [0, 0.1) is 0 Å². The van der Waals surface area contributed by atoms with Crippen LogP contribution in [0.2, 0.25) is 0 Å². The number of hydroxylamine groups is 1. The Hall–Kier alpha value is -0.790. The molecule has 88 valence electrons. The molecular formula is C8H16N2O4S. The summed E-state index contributed by atoms with van der Waals surface area (Å²) in [5, 5.41) is 8.81. The lowest BCUT2D eigenvalue weighted by atomic mass is 10.1. The van der Waals surface area contributed by atoms with Gasteiger partial charge < -0.3 is 15.7 Å². The molecule has 0 aromatic heterocycles. The van der Waals surface area contributed by atoms with Gasteiger partial charge in [0.25, 0.3) is 0 Å². The van der Waals surface area contributed by atoms with Crippen molar-refractivity contribution in [2.75, 3.05) is 5.75 Å². The van der Waals surface area contributed by atoms with Crippen LogP contribution in [0.15, 0.2) is 0 Å². The molecule has 1 atom stereocenters. The Morgan fingerprint density at radius 2 is 1.93 bits per heavy atom. The summed E-state index contributed by atoms with van der Waals surface area (Å²) in [6.45, 7) is 4.25. The quantitative estimate of drug-likeness (QED) is 0.381. The number of carbonyl (C=O) groups is 2. The van der Waals surface area contributed by atoms with Crippen LogP contribution in [0.4, 0.5) is 0 Å². The predicted octanol–water partition coefficient (Wildman–Crippen LogP) is -0.455. The summed E-state index contributed by atoms with van der Waals surface area (Å²) in [5.41, 5.74) is 4.99. The topological polar surface area (TPSA) is 102 Å². The van der Waals surface area contributed by atoms with Gasteiger partial charge in [-0.25, -0.2) is 4.79 Å². The second-order valence-electron chi connectivity index (χ2n) is 4.01.